The Morgan fingerprint density at radius 2 is 2.14 bits per heavy atom. The second-order valence-electron chi connectivity index (χ2n) is 5.40. The molecule has 1 atom stereocenters. The van der Waals surface area contributed by atoms with Crippen LogP contribution in [0.2, 0.25) is 0 Å². The molecule has 1 aromatic rings. The van der Waals surface area contributed by atoms with Crippen LogP contribution < -0.4 is 9.04 Å². The van der Waals surface area contributed by atoms with E-state index in [0.29, 0.717) is 24.7 Å². The van der Waals surface area contributed by atoms with Crippen molar-refractivity contribution in [3.05, 3.63) is 24.0 Å². The van der Waals surface area contributed by atoms with Gasteiger partial charge in [-0.25, -0.2) is 4.39 Å². The summed E-state index contributed by atoms with van der Waals surface area (Å²) in [6.45, 7) is 3.07. The van der Waals surface area contributed by atoms with E-state index in [0.717, 1.165) is 17.1 Å². The minimum atomic E-state index is -3.63. The van der Waals surface area contributed by atoms with E-state index in [1.165, 1.54) is 36.7 Å². The molecular formula is C14H21FN2O3S. The lowest BCUT2D eigenvalue weighted by atomic mass is 10.0. The van der Waals surface area contributed by atoms with Crippen molar-refractivity contribution >= 4 is 15.9 Å². The van der Waals surface area contributed by atoms with Gasteiger partial charge in [-0.1, -0.05) is 6.92 Å². The van der Waals surface area contributed by atoms with Crippen LogP contribution in [0.1, 0.15) is 19.8 Å². The Morgan fingerprint density at radius 3 is 2.76 bits per heavy atom. The molecule has 1 unspecified atom stereocenters. The Bertz CT molecular complexity index is 606. The van der Waals surface area contributed by atoms with Gasteiger partial charge in [0.1, 0.15) is 11.6 Å². The highest BCUT2D eigenvalue weighted by Gasteiger charge is 2.31. The summed E-state index contributed by atoms with van der Waals surface area (Å²) in [6, 6.07) is 3.82. The van der Waals surface area contributed by atoms with Crippen LogP contribution in [-0.2, 0) is 10.2 Å². The molecule has 0 bridgehead atoms. The first-order valence-corrected chi connectivity index (χ1v) is 8.33. The second kappa shape index (κ2) is 6.19. The quantitative estimate of drug-likeness (QED) is 0.856. The predicted octanol–water partition coefficient (Wildman–Crippen LogP) is 2.25. The molecule has 1 aliphatic rings. The Kier molecular flexibility index (Phi) is 4.73. The minimum Gasteiger partial charge on any atom is -0.494 e. The Balaban J connectivity index is 2.31. The Hall–Kier alpha value is -1.34. The molecule has 1 aliphatic heterocycles. The van der Waals surface area contributed by atoms with Crippen molar-refractivity contribution in [2.45, 2.75) is 19.8 Å². The number of rotatable bonds is 4. The number of ether oxygens (including phenoxy) is 1. The average Bonchev–Trinajstić information content (AvgIpc) is 2.46. The van der Waals surface area contributed by atoms with E-state index in [-0.39, 0.29) is 5.75 Å². The first kappa shape index (κ1) is 16.0. The van der Waals surface area contributed by atoms with Crippen LogP contribution in [0.3, 0.4) is 0 Å². The normalized spacial score (nSPS) is 20.3. The van der Waals surface area contributed by atoms with Gasteiger partial charge >= 0.3 is 10.2 Å². The van der Waals surface area contributed by atoms with Gasteiger partial charge in [0, 0.05) is 26.2 Å². The van der Waals surface area contributed by atoms with Gasteiger partial charge in [-0.2, -0.15) is 12.7 Å². The van der Waals surface area contributed by atoms with E-state index in [1.54, 1.807) is 0 Å². The van der Waals surface area contributed by atoms with E-state index in [9.17, 15) is 12.8 Å². The highest BCUT2D eigenvalue weighted by atomic mass is 32.2. The third-order valence-electron chi connectivity index (χ3n) is 3.77. The van der Waals surface area contributed by atoms with Crippen LogP contribution in [0.15, 0.2) is 18.2 Å². The molecule has 21 heavy (non-hydrogen) atoms. The molecule has 0 aliphatic carbocycles. The zero-order valence-electron chi connectivity index (χ0n) is 12.5. The van der Waals surface area contributed by atoms with E-state index in [2.05, 4.69) is 0 Å². The van der Waals surface area contributed by atoms with Gasteiger partial charge in [-0.05, 0) is 30.9 Å². The van der Waals surface area contributed by atoms with Crippen molar-refractivity contribution in [1.82, 2.24) is 4.31 Å². The molecule has 0 aromatic heterocycles. The monoisotopic (exact) mass is 316 g/mol. The molecule has 0 amide bonds. The van der Waals surface area contributed by atoms with Gasteiger partial charge in [0.15, 0.2) is 0 Å². The number of methoxy groups -OCH3 is 1. The summed E-state index contributed by atoms with van der Waals surface area (Å²) in [5.74, 6) is 0.0798. The molecule has 1 aromatic carbocycles. The summed E-state index contributed by atoms with van der Waals surface area (Å²) < 4.78 is 46.3. The van der Waals surface area contributed by atoms with E-state index < -0.39 is 16.0 Å². The third kappa shape index (κ3) is 3.29. The number of hydrogen-bond acceptors (Lipinski definition) is 3. The lowest BCUT2D eigenvalue weighted by Crippen LogP contribution is -2.46. The minimum absolute atomic E-state index is 0.200. The van der Waals surface area contributed by atoms with Crippen molar-refractivity contribution in [2.75, 3.05) is 31.6 Å². The number of nitrogens with zero attached hydrogens (tertiary/aromatic N) is 2. The summed E-state index contributed by atoms with van der Waals surface area (Å²) in [5, 5.41) is 0. The second-order valence-corrected chi connectivity index (χ2v) is 7.36. The SMILES string of the molecule is COc1cc(F)ccc1N(C)S(=O)(=O)N1CCCC(C)C1. The first-order chi connectivity index (χ1) is 9.86. The maximum absolute atomic E-state index is 13.2. The molecule has 0 radical (unpaired) electrons. The number of benzene rings is 1. The molecule has 0 N–H and O–H groups in total. The van der Waals surface area contributed by atoms with Gasteiger partial charge in [0.25, 0.3) is 0 Å². The van der Waals surface area contributed by atoms with Gasteiger partial charge in [0.05, 0.1) is 12.8 Å². The lowest BCUT2D eigenvalue weighted by molar-refractivity contribution is 0.281. The van der Waals surface area contributed by atoms with E-state index in [1.807, 2.05) is 6.92 Å². The Labute approximate surface area is 125 Å². The molecule has 2 rings (SSSR count). The molecule has 5 nitrogen and oxygen atoms in total. The zero-order valence-corrected chi connectivity index (χ0v) is 13.4. The van der Waals surface area contributed by atoms with Crippen molar-refractivity contribution < 1.29 is 17.5 Å². The lowest BCUT2D eigenvalue weighted by Gasteiger charge is -2.34. The maximum atomic E-state index is 13.2. The molecule has 118 valence electrons. The molecular weight excluding hydrogens is 295 g/mol. The molecule has 1 fully saturated rings. The van der Waals surface area contributed by atoms with Crippen molar-refractivity contribution in [3.8, 4) is 5.75 Å². The smallest absolute Gasteiger partial charge is 0.303 e. The molecule has 1 saturated heterocycles. The van der Waals surface area contributed by atoms with E-state index >= 15 is 0 Å². The maximum Gasteiger partial charge on any atom is 0.303 e. The topological polar surface area (TPSA) is 49.9 Å². The summed E-state index contributed by atoms with van der Waals surface area (Å²) in [6.07, 6.45) is 1.89. The van der Waals surface area contributed by atoms with Gasteiger partial charge < -0.3 is 4.74 Å². The molecule has 1 heterocycles. The molecule has 7 heteroatoms. The fourth-order valence-electron chi connectivity index (χ4n) is 2.56. The highest BCUT2D eigenvalue weighted by molar-refractivity contribution is 7.90. The first-order valence-electron chi connectivity index (χ1n) is 6.93. The molecule has 0 spiro atoms. The highest BCUT2D eigenvalue weighted by Crippen LogP contribution is 2.31. The fraction of sp³-hybridized carbons (Fsp3) is 0.571. The predicted molar refractivity (Wildman–Crippen MR) is 80.2 cm³/mol. The largest absolute Gasteiger partial charge is 0.494 e. The number of hydrogen-bond donors (Lipinski definition) is 0. The van der Waals surface area contributed by atoms with Crippen LogP contribution in [0.4, 0.5) is 10.1 Å². The van der Waals surface area contributed by atoms with Gasteiger partial charge in [0.2, 0.25) is 0 Å². The van der Waals surface area contributed by atoms with Crippen molar-refractivity contribution in [2.24, 2.45) is 5.92 Å². The summed E-state index contributed by atoms with van der Waals surface area (Å²) in [4.78, 5) is 0. The van der Waals surface area contributed by atoms with Crippen LogP contribution >= 0.6 is 0 Å². The van der Waals surface area contributed by atoms with Crippen LogP contribution in [0.5, 0.6) is 5.75 Å². The summed E-state index contributed by atoms with van der Waals surface area (Å²) in [7, 11) is -0.776. The zero-order chi connectivity index (χ0) is 15.6. The third-order valence-corrected chi connectivity index (χ3v) is 5.65. The van der Waals surface area contributed by atoms with Crippen LogP contribution in [-0.4, -0.2) is 40.0 Å². The van der Waals surface area contributed by atoms with Crippen molar-refractivity contribution in [1.29, 1.82) is 0 Å². The van der Waals surface area contributed by atoms with E-state index in [4.69, 9.17) is 4.74 Å². The van der Waals surface area contributed by atoms with Gasteiger partial charge in [-0.15, -0.1) is 0 Å². The fourth-order valence-corrected chi connectivity index (χ4v) is 4.11. The summed E-state index contributed by atoms with van der Waals surface area (Å²) >= 11 is 0. The van der Waals surface area contributed by atoms with Crippen molar-refractivity contribution in [3.63, 3.8) is 0 Å². The van der Waals surface area contributed by atoms with Crippen LogP contribution in [0, 0.1) is 11.7 Å². The number of halogens is 1. The molecule has 0 saturated carbocycles. The number of anilines is 1. The standard InChI is InChI=1S/C14H21FN2O3S/c1-11-5-4-8-17(10-11)21(18,19)16(2)13-7-6-12(15)9-14(13)20-3/h6-7,9,11H,4-5,8,10H2,1-3H3. The van der Waals surface area contributed by atoms with Crippen LogP contribution in [0.25, 0.3) is 0 Å². The van der Waals surface area contributed by atoms with Gasteiger partial charge in [-0.3, -0.25) is 4.31 Å². The number of piperidine rings is 1. The average molecular weight is 316 g/mol. The Morgan fingerprint density at radius 1 is 1.43 bits per heavy atom. The summed E-state index contributed by atoms with van der Waals surface area (Å²) in [5.41, 5.74) is 0.331.